The van der Waals surface area contributed by atoms with E-state index in [4.69, 9.17) is 0 Å². The van der Waals surface area contributed by atoms with Crippen LogP contribution in [0.4, 0.5) is 8.78 Å². The maximum Gasteiger partial charge on any atom is 0.306 e. The molecule has 0 saturated heterocycles. The van der Waals surface area contributed by atoms with Crippen LogP contribution in [0.1, 0.15) is 76.6 Å². The molecule has 2 amide bonds. The van der Waals surface area contributed by atoms with Crippen molar-refractivity contribution in [3.63, 3.8) is 0 Å². The van der Waals surface area contributed by atoms with Gasteiger partial charge in [0.25, 0.3) is 11.8 Å². The molecule has 0 bridgehead atoms. The number of hydrogen-bond donors (Lipinski definition) is 4. The highest BCUT2D eigenvalue weighted by atomic mass is 19.1. The van der Waals surface area contributed by atoms with E-state index >= 15 is 0 Å². The summed E-state index contributed by atoms with van der Waals surface area (Å²) in [6.07, 6.45) is 0.778. The first-order chi connectivity index (χ1) is 21.9. The number of nitrogens with one attached hydrogen (secondary N) is 2. The van der Waals surface area contributed by atoms with Gasteiger partial charge in [-0.25, -0.2) is 8.78 Å². The molecule has 3 atom stereocenters. The first kappa shape index (κ1) is 36.3. The Labute approximate surface area is 269 Å². The molecule has 0 saturated carbocycles. The maximum absolute atomic E-state index is 14.0. The van der Waals surface area contributed by atoms with E-state index in [1.165, 1.54) is 6.07 Å². The summed E-state index contributed by atoms with van der Waals surface area (Å²) in [5.74, 6) is -3.64. The number of aliphatic hydroxyl groups is 1. The van der Waals surface area contributed by atoms with E-state index in [1.807, 2.05) is 38.1 Å². The zero-order valence-electron chi connectivity index (χ0n) is 27.0. The second-order valence-corrected chi connectivity index (χ2v) is 11.9. The van der Waals surface area contributed by atoms with Gasteiger partial charge in [0.1, 0.15) is 11.6 Å². The van der Waals surface area contributed by atoms with Crippen LogP contribution >= 0.6 is 0 Å². The fraction of sp³-hybridized carbons (Fsp3) is 0.417. The summed E-state index contributed by atoms with van der Waals surface area (Å²) in [5, 5.41) is 26.4. The summed E-state index contributed by atoms with van der Waals surface area (Å²) in [6.45, 7) is 9.02. The Morgan fingerprint density at radius 3 is 2.11 bits per heavy atom. The van der Waals surface area contributed by atoms with Crippen molar-refractivity contribution in [1.29, 1.82) is 0 Å². The standard InChI is InChI=1S/C36H45F2N3O5/c1-5-10-41(11-6-2)35(44)29-13-23(3)12-28(19-29)34(43)40-32(18-27-16-30(37)20-31(38)17-27)33(42)22-39-21-26-9-7-8-25(15-26)14-24(4)36(45)46/h7-9,12-13,15-17,19-20,24,32-33,39,42H,5-6,10-11,14,18,21-22H2,1-4H3,(H,40,43)(H,45,46)/t24-,32+,33-/m1/s1. The first-order valence-electron chi connectivity index (χ1n) is 15.8. The minimum atomic E-state index is -1.15. The lowest BCUT2D eigenvalue weighted by atomic mass is 9.98. The Hall–Kier alpha value is -4.15. The third-order valence-corrected chi connectivity index (χ3v) is 7.66. The van der Waals surface area contributed by atoms with Crippen LogP contribution in [0.2, 0.25) is 0 Å². The van der Waals surface area contributed by atoms with Crippen molar-refractivity contribution in [2.45, 2.75) is 72.1 Å². The molecule has 3 aromatic carbocycles. The van der Waals surface area contributed by atoms with Gasteiger partial charge in [-0.05, 0) is 85.2 Å². The highest BCUT2D eigenvalue weighted by Gasteiger charge is 2.24. The lowest BCUT2D eigenvalue weighted by Crippen LogP contribution is -2.48. The van der Waals surface area contributed by atoms with Gasteiger partial charge in [0.05, 0.1) is 18.1 Å². The van der Waals surface area contributed by atoms with Crippen LogP contribution in [0, 0.1) is 24.5 Å². The van der Waals surface area contributed by atoms with Crippen LogP contribution in [0.5, 0.6) is 0 Å². The topological polar surface area (TPSA) is 119 Å². The Bertz CT molecular complexity index is 1470. The van der Waals surface area contributed by atoms with Gasteiger partial charge >= 0.3 is 5.97 Å². The number of hydrogen-bond acceptors (Lipinski definition) is 5. The van der Waals surface area contributed by atoms with E-state index in [1.54, 1.807) is 30.9 Å². The van der Waals surface area contributed by atoms with E-state index in [2.05, 4.69) is 10.6 Å². The third-order valence-electron chi connectivity index (χ3n) is 7.66. The van der Waals surface area contributed by atoms with Crippen LogP contribution in [-0.4, -0.2) is 64.7 Å². The molecule has 3 aromatic rings. The number of amides is 2. The summed E-state index contributed by atoms with van der Waals surface area (Å²) >= 11 is 0. The predicted molar refractivity (Wildman–Crippen MR) is 174 cm³/mol. The highest BCUT2D eigenvalue weighted by Crippen LogP contribution is 2.17. The molecule has 0 unspecified atom stereocenters. The zero-order valence-corrected chi connectivity index (χ0v) is 27.0. The summed E-state index contributed by atoms with van der Waals surface area (Å²) in [7, 11) is 0. The van der Waals surface area contributed by atoms with Gasteiger partial charge in [-0.2, -0.15) is 0 Å². The van der Waals surface area contributed by atoms with Crippen molar-refractivity contribution in [2.24, 2.45) is 5.92 Å². The fourth-order valence-electron chi connectivity index (χ4n) is 5.41. The molecule has 0 aliphatic rings. The normalized spacial score (nSPS) is 13.1. The molecule has 0 spiro atoms. The smallest absolute Gasteiger partial charge is 0.306 e. The number of carbonyl (C=O) groups is 3. The summed E-state index contributed by atoms with van der Waals surface area (Å²) < 4.78 is 28.0. The summed E-state index contributed by atoms with van der Waals surface area (Å²) in [5.41, 5.74) is 3.35. The average molecular weight is 638 g/mol. The van der Waals surface area contributed by atoms with Crippen molar-refractivity contribution in [1.82, 2.24) is 15.5 Å². The quantitative estimate of drug-likeness (QED) is 0.160. The molecule has 8 nitrogen and oxygen atoms in total. The first-order valence-corrected chi connectivity index (χ1v) is 15.8. The number of nitrogens with zero attached hydrogens (tertiary/aromatic N) is 1. The Morgan fingerprint density at radius 2 is 1.48 bits per heavy atom. The molecule has 0 heterocycles. The number of carboxylic acids is 1. The fourth-order valence-corrected chi connectivity index (χ4v) is 5.41. The van der Waals surface area contributed by atoms with Gasteiger partial charge < -0.3 is 25.7 Å². The van der Waals surface area contributed by atoms with E-state index in [0.717, 1.165) is 47.7 Å². The number of carbonyl (C=O) groups excluding carboxylic acids is 2. The van der Waals surface area contributed by atoms with Crippen LogP contribution in [0.15, 0.2) is 60.7 Å². The lowest BCUT2D eigenvalue weighted by Gasteiger charge is -2.25. The summed E-state index contributed by atoms with van der Waals surface area (Å²) in [6, 6.07) is 14.5. The van der Waals surface area contributed by atoms with Gasteiger partial charge in [-0.15, -0.1) is 0 Å². The minimum Gasteiger partial charge on any atom is -0.481 e. The number of carboxylic acid groups (broad SMARTS) is 1. The van der Waals surface area contributed by atoms with Gasteiger partial charge in [-0.3, -0.25) is 14.4 Å². The Balaban J connectivity index is 1.78. The largest absolute Gasteiger partial charge is 0.481 e. The highest BCUT2D eigenvalue weighted by molar-refractivity contribution is 6.00. The van der Waals surface area contributed by atoms with Crippen LogP contribution < -0.4 is 10.6 Å². The monoisotopic (exact) mass is 637 g/mol. The molecule has 0 aliphatic heterocycles. The van der Waals surface area contributed by atoms with Crippen LogP contribution in [0.3, 0.4) is 0 Å². The Kier molecular flexibility index (Phi) is 13.8. The van der Waals surface area contributed by atoms with Crippen molar-refractivity contribution >= 4 is 17.8 Å². The van der Waals surface area contributed by atoms with Crippen LogP contribution in [-0.2, 0) is 24.2 Å². The maximum atomic E-state index is 14.0. The SMILES string of the molecule is CCCN(CCC)C(=O)c1cc(C)cc(C(=O)N[C@@H](Cc2cc(F)cc(F)c2)[C@H](O)CNCc2cccc(C[C@@H](C)C(=O)O)c2)c1. The van der Waals surface area contributed by atoms with E-state index in [0.29, 0.717) is 31.6 Å². The minimum absolute atomic E-state index is 0.0407. The molecule has 0 aromatic heterocycles. The molecular formula is C36H45F2N3O5. The van der Waals surface area contributed by atoms with Crippen LogP contribution in [0.25, 0.3) is 0 Å². The molecule has 0 aliphatic carbocycles. The van der Waals surface area contributed by atoms with Gasteiger partial charge in [0.2, 0.25) is 0 Å². The predicted octanol–water partition coefficient (Wildman–Crippen LogP) is 5.29. The average Bonchev–Trinajstić information content (AvgIpc) is 2.99. The number of halogens is 2. The van der Waals surface area contributed by atoms with Crippen molar-refractivity contribution < 1.29 is 33.4 Å². The van der Waals surface area contributed by atoms with Crippen molar-refractivity contribution in [3.05, 3.63) is 106 Å². The van der Waals surface area contributed by atoms with Crippen molar-refractivity contribution in [3.8, 4) is 0 Å². The third kappa shape index (κ3) is 11.0. The van der Waals surface area contributed by atoms with E-state index < -0.39 is 41.6 Å². The molecule has 46 heavy (non-hydrogen) atoms. The van der Waals surface area contributed by atoms with Crippen molar-refractivity contribution in [2.75, 3.05) is 19.6 Å². The molecular weight excluding hydrogens is 592 g/mol. The molecule has 0 fully saturated rings. The van der Waals surface area contributed by atoms with Gasteiger partial charge in [-0.1, -0.05) is 45.0 Å². The lowest BCUT2D eigenvalue weighted by molar-refractivity contribution is -0.141. The second-order valence-electron chi connectivity index (χ2n) is 11.9. The second kappa shape index (κ2) is 17.5. The van der Waals surface area contributed by atoms with Gasteiger partial charge in [0.15, 0.2) is 0 Å². The molecule has 10 heteroatoms. The Morgan fingerprint density at radius 1 is 0.848 bits per heavy atom. The molecule has 248 valence electrons. The number of aryl methyl sites for hydroxylation is 1. The van der Waals surface area contributed by atoms with E-state index in [9.17, 15) is 33.4 Å². The zero-order chi connectivity index (χ0) is 33.8. The molecule has 3 rings (SSSR count). The van der Waals surface area contributed by atoms with Gasteiger partial charge in [0, 0.05) is 43.4 Å². The molecule has 0 radical (unpaired) electrons. The summed E-state index contributed by atoms with van der Waals surface area (Å²) in [4.78, 5) is 39.8. The van der Waals surface area contributed by atoms with E-state index in [-0.39, 0.29) is 30.0 Å². The number of benzene rings is 3. The number of rotatable bonds is 17. The number of aliphatic hydroxyl groups excluding tert-OH is 1. The molecule has 4 N–H and O–H groups in total. The number of aliphatic carboxylic acids is 1.